The molecule has 0 saturated carbocycles. The van der Waals surface area contributed by atoms with Crippen molar-refractivity contribution < 1.29 is 9.84 Å². The zero-order valence-electron chi connectivity index (χ0n) is 8.46. The summed E-state index contributed by atoms with van der Waals surface area (Å²) in [7, 11) is 0. The molecule has 0 aliphatic carbocycles. The number of halogens is 1. The van der Waals surface area contributed by atoms with Gasteiger partial charge in [-0.05, 0) is 40.5 Å². The summed E-state index contributed by atoms with van der Waals surface area (Å²) in [6, 6.07) is 5.91. The fourth-order valence-corrected chi connectivity index (χ4v) is 1.56. The normalized spacial score (nSPS) is 12.6. The molecule has 0 saturated heterocycles. The van der Waals surface area contributed by atoms with Crippen LogP contribution in [0, 0.1) is 0 Å². The maximum absolute atomic E-state index is 9.03. The Hall–Kier alpha value is -0.540. The van der Waals surface area contributed by atoms with Crippen LogP contribution in [-0.2, 0) is 0 Å². The van der Waals surface area contributed by atoms with Gasteiger partial charge in [0.1, 0.15) is 5.75 Å². The van der Waals surface area contributed by atoms with Crippen molar-refractivity contribution in [2.45, 2.75) is 19.8 Å². The molecule has 0 bridgehead atoms. The molecule has 1 N–H and O–H groups in total. The number of hydrogen-bond donors (Lipinski definition) is 1. The fraction of sp³-hybridized carbons (Fsp3) is 0.455. The molecule has 1 aromatic rings. The van der Waals surface area contributed by atoms with Gasteiger partial charge in [0.05, 0.1) is 11.1 Å². The van der Waals surface area contributed by atoms with Crippen molar-refractivity contribution in [2.24, 2.45) is 0 Å². The average molecular weight is 259 g/mol. The third-order valence-electron chi connectivity index (χ3n) is 2.10. The highest BCUT2D eigenvalue weighted by molar-refractivity contribution is 9.10. The van der Waals surface area contributed by atoms with Crippen molar-refractivity contribution in [3.8, 4) is 5.75 Å². The molecule has 1 atom stereocenters. The Morgan fingerprint density at radius 3 is 2.79 bits per heavy atom. The van der Waals surface area contributed by atoms with E-state index in [9.17, 15) is 0 Å². The first-order valence-electron chi connectivity index (χ1n) is 4.72. The number of ether oxygens (including phenoxy) is 1. The van der Waals surface area contributed by atoms with Gasteiger partial charge in [-0.2, -0.15) is 0 Å². The maximum atomic E-state index is 9.03. The first kappa shape index (κ1) is 11.5. The minimum atomic E-state index is 0.155. The van der Waals surface area contributed by atoms with E-state index in [1.807, 2.05) is 32.0 Å². The van der Waals surface area contributed by atoms with Gasteiger partial charge < -0.3 is 9.84 Å². The third-order valence-corrected chi connectivity index (χ3v) is 2.75. The predicted octanol–water partition coefficient (Wildman–Crippen LogP) is 2.94. The molecule has 0 aliphatic heterocycles. The van der Waals surface area contributed by atoms with Crippen LogP contribution in [0.3, 0.4) is 0 Å². The smallest absolute Gasteiger partial charge is 0.133 e. The van der Waals surface area contributed by atoms with Gasteiger partial charge in [0, 0.05) is 12.5 Å². The van der Waals surface area contributed by atoms with E-state index in [0.29, 0.717) is 6.61 Å². The molecule has 2 nitrogen and oxygen atoms in total. The van der Waals surface area contributed by atoms with Crippen molar-refractivity contribution >= 4 is 15.9 Å². The summed E-state index contributed by atoms with van der Waals surface area (Å²) < 4.78 is 6.40. The van der Waals surface area contributed by atoms with Gasteiger partial charge in [0.15, 0.2) is 0 Å². The fourth-order valence-electron chi connectivity index (χ4n) is 1.20. The first-order chi connectivity index (χ1) is 6.69. The molecule has 0 amide bonds. The van der Waals surface area contributed by atoms with Gasteiger partial charge in [0.25, 0.3) is 0 Å². The Labute approximate surface area is 93.0 Å². The zero-order valence-corrected chi connectivity index (χ0v) is 10.0. The molecule has 14 heavy (non-hydrogen) atoms. The summed E-state index contributed by atoms with van der Waals surface area (Å²) in [5.74, 6) is 0.993. The van der Waals surface area contributed by atoms with Crippen molar-refractivity contribution in [1.82, 2.24) is 0 Å². The van der Waals surface area contributed by atoms with Crippen LogP contribution in [0.25, 0.3) is 0 Å². The molecule has 1 rings (SSSR count). The van der Waals surface area contributed by atoms with Crippen LogP contribution in [0.4, 0.5) is 0 Å². The quantitative estimate of drug-likeness (QED) is 0.900. The summed E-state index contributed by atoms with van der Waals surface area (Å²) in [5.41, 5.74) is 1.10. The zero-order chi connectivity index (χ0) is 10.6. The topological polar surface area (TPSA) is 29.5 Å². The van der Waals surface area contributed by atoms with Gasteiger partial charge in [-0.15, -0.1) is 0 Å². The van der Waals surface area contributed by atoms with Crippen LogP contribution in [-0.4, -0.2) is 18.3 Å². The molecule has 0 radical (unpaired) electrons. The number of rotatable bonds is 4. The van der Waals surface area contributed by atoms with E-state index in [4.69, 9.17) is 9.84 Å². The minimum Gasteiger partial charge on any atom is -0.493 e. The van der Waals surface area contributed by atoms with Crippen molar-refractivity contribution in [1.29, 1.82) is 0 Å². The predicted molar refractivity (Wildman–Crippen MR) is 60.8 cm³/mol. The highest BCUT2D eigenvalue weighted by Gasteiger charge is 2.07. The average Bonchev–Trinajstić information content (AvgIpc) is 2.20. The van der Waals surface area contributed by atoms with E-state index < -0.39 is 0 Å². The minimum absolute atomic E-state index is 0.155. The van der Waals surface area contributed by atoms with E-state index in [2.05, 4.69) is 15.9 Å². The standard InChI is InChI=1S/C11H15BrO2/c1-3-14-11-6-9(8(2)7-13)4-5-10(11)12/h4-6,8,13H,3,7H2,1-2H3. The molecule has 3 heteroatoms. The second-order valence-electron chi connectivity index (χ2n) is 3.21. The summed E-state index contributed by atoms with van der Waals surface area (Å²) in [5, 5.41) is 9.03. The Morgan fingerprint density at radius 2 is 2.21 bits per heavy atom. The number of benzene rings is 1. The number of hydrogen-bond acceptors (Lipinski definition) is 2. The van der Waals surface area contributed by atoms with Crippen molar-refractivity contribution in [2.75, 3.05) is 13.2 Å². The third kappa shape index (κ3) is 2.72. The summed E-state index contributed by atoms with van der Waals surface area (Å²) >= 11 is 3.41. The first-order valence-corrected chi connectivity index (χ1v) is 5.51. The van der Waals surface area contributed by atoms with Crippen LogP contribution in [0.5, 0.6) is 5.75 Å². The maximum Gasteiger partial charge on any atom is 0.133 e. The van der Waals surface area contributed by atoms with Gasteiger partial charge in [-0.25, -0.2) is 0 Å². The van der Waals surface area contributed by atoms with Crippen molar-refractivity contribution in [3.05, 3.63) is 28.2 Å². The van der Waals surface area contributed by atoms with Crippen LogP contribution in [0.1, 0.15) is 25.3 Å². The van der Waals surface area contributed by atoms with Crippen LogP contribution < -0.4 is 4.74 Å². The molecule has 78 valence electrons. The highest BCUT2D eigenvalue weighted by Crippen LogP contribution is 2.28. The molecule has 0 fully saturated rings. The molecule has 0 spiro atoms. The molecular formula is C11H15BrO2. The van der Waals surface area contributed by atoms with Crippen molar-refractivity contribution in [3.63, 3.8) is 0 Å². The summed E-state index contributed by atoms with van der Waals surface area (Å²) in [6.07, 6.45) is 0. The Morgan fingerprint density at radius 1 is 1.50 bits per heavy atom. The van der Waals surface area contributed by atoms with Crippen LogP contribution in [0.15, 0.2) is 22.7 Å². The largest absolute Gasteiger partial charge is 0.493 e. The van der Waals surface area contributed by atoms with Gasteiger partial charge in [-0.3, -0.25) is 0 Å². The van der Waals surface area contributed by atoms with Crippen LogP contribution in [0.2, 0.25) is 0 Å². The molecule has 0 aromatic heterocycles. The summed E-state index contributed by atoms with van der Waals surface area (Å²) in [4.78, 5) is 0. The Balaban J connectivity index is 2.93. The molecular weight excluding hydrogens is 244 g/mol. The Kier molecular flexibility index (Phi) is 4.42. The van der Waals surface area contributed by atoms with Gasteiger partial charge >= 0.3 is 0 Å². The lowest BCUT2D eigenvalue weighted by Gasteiger charge is -2.12. The molecule has 0 aliphatic rings. The number of aliphatic hydroxyl groups excluding tert-OH is 1. The molecule has 1 unspecified atom stereocenters. The van der Waals surface area contributed by atoms with E-state index in [0.717, 1.165) is 15.8 Å². The van der Waals surface area contributed by atoms with Crippen LogP contribution >= 0.6 is 15.9 Å². The van der Waals surface area contributed by atoms with Gasteiger partial charge in [0.2, 0.25) is 0 Å². The van der Waals surface area contributed by atoms with E-state index >= 15 is 0 Å². The Bertz CT molecular complexity index is 299. The van der Waals surface area contributed by atoms with E-state index in [1.54, 1.807) is 0 Å². The van der Waals surface area contributed by atoms with E-state index in [-0.39, 0.29) is 12.5 Å². The molecule has 1 aromatic carbocycles. The lowest BCUT2D eigenvalue weighted by molar-refractivity contribution is 0.272. The number of aliphatic hydroxyl groups is 1. The molecule has 0 heterocycles. The monoisotopic (exact) mass is 258 g/mol. The van der Waals surface area contributed by atoms with E-state index in [1.165, 1.54) is 0 Å². The van der Waals surface area contributed by atoms with Gasteiger partial charge in [-0.1, -0.05) is 13.0 Å². The second kappa shape index (κ2) is 5.37. The lowest BCUT2D eigenvalue weighted by atomic mass is 10.0. The summed E-state index contributed by atoms with van der Waals surface area (Å²) in [6.45, 7) is 4.75. The lowest BCUT2D eigenvalue weighted by Crippen LogP contribution is -2.00. The second-order valence-corrected chi connectivity index (χ2v) is 4.06. The highest BCUT2D eigenvalue weighted by atomic mass is 79.9. The SMILES string of the molecule is CCOc1cc(C(C)CO)ccc1Br.